The van der Waals surface area contributed by atoms with Crippen LogP contribution >= 0.6 is 0 Å². The lowest BCUT2D eigenvalue weighted by Gasteiger charge is -2.24. The fraction of sp³-hybridized carbons (Fsp3) is 0.350. The number of halogens is 3. The van der Waals surface area contributed by atoms with Crippen LogP contribution in [-0.2, 0) is 23.2 Å². The Hall–Kier alpha value is -3.15. The topological polar surface area (TPSA) is 99.0 Å². The van der Waals surface area contributed by atoms with Gasteiger partial charge in [-0.25, -0.2) is 18.4 Å². The first-order valence-electron chi connectivity index (χ1n) is 9.80. The van der Waals surface area contributed by atoms with Crippen LogP contribution in [0.5, 0.6) is 5.75 Å². The summed E-state index contributed by atoms with van der Waals surface area (Å²) in [7, 11) is -2.53. The summed E-state index contributed by atoms with van der Waals surface area (Å²) in [5.41, 5.74) is -0.270. The predicted molar refractivity (Wildman–Crippen MR) is 109 cm³/mol. The van der Waals surface area contributed by atoms with Crippen LogP contribution in [0.2, 0.25) is 0 Å². The van der Waals surface area contributed by atoms with Crippen LogP contribution in [0, 0.1) is 0 Å². The molecule has 4 rings (SSSR count). The van der Waals surface area contributed by atoms with E-state index in [2.05, 4.69) is 19.8 Å². The molecule has 0 saturated heterocycles. The second-order valence-corrected chi connectivity index (χ2v) is 9.11. The fourth-order valence-corrected chi connectivity index (χ4v) is 4.90. The Morgan fingerprint density at radius 2 is 1.97 bits per heavy atom. The maximum atomic E-state index is 13.8. The summed E-state index contributed by atoms with van der Waals surface area (Å²) in [6.45, 7) is 0. The van der Waals surface area contributed by atoms with Gasteiger partial charge in [0.15, 0.2) is 0 Å². The van der Waals surface area contributed by atoms with E-state index in [4.69, 9.17) is 4.74 Å². The number of nitrogens with zero attached hydrogens (tertiary/aromatic N) is 4. The maximum absolute atomic E-state index is 13.8. The monoisotopic (exact) mass is 467 g/mol. The number of sulfonamides is 1. The molecule has 32 heavy (non-hydrogen) atoms. The molecule has 2 atom stereocenters. The first kappa shape index (κ1) is 22.1. The van der Waals surface area contributed by atoms with Gasteiger partial charge in [-0.3, -0.25) is 9.40 Å². The number of ether oxygens (including phenoxy) is 1. The number of alkyl halides is 3. The van der Waals surface area contributed by atoms with E-state index >= 15 is 0 Å². The Labute approximate surface area is 182 Å². The highest BCUT2D eigenvalue weighted by molar-refractivity contribution is 7.92. The van der Waals surface area contributed by atoms with Crippen molar-refractivity contribution in [2.75, 3.05) is 4.72 Å². The molecule has 8 nitrogen and oxygen atoms in total. The van der Waals surface area contributed by atoms with Crippen LogP contribution in [0.15, 0.2) is 53.9 Å². The van der Waals surface area contributed by atoms with E-state index in [0.29, 0.717) is 12.5 Å². The van der Waals surface area contributed by atoms with Gasteiger partial charge < -0.3 is 4.74 Å². The molecule has 170 valence electrons. The number of hydrogen-bond donors (Lipinski definition) is 1. The lowest BCUT2D eigenvalue weighted by molar-refractivity contribution is -0.139. The van der Waals surface area contributed by atoms with Crippen molar-refractivity contribution in [2.45, 2.75) is 42.4 Å². The molecule has 0 aliphatic heterocycles. The Bertz CT molecular complexity index is 1200. The van der Waals surface area contributed by atoms with E-state index in [1.807, 2.05) is 6.07 Å². The van der Waals surface area contributed by atoms with Gasteiger partial charge in [-0.15, -0.1) is 0 Å². The van der Waals surface area contributed by atoms with Gasteiger partial charge in [-0.05, 0) is 49.6 Å². The summed E-state index contributed by atoms with van der Waals surface area (Å²) in [5, 5.41) is 4.13. The maximum Gasteiger partial charge on any atom is 0.420 e. The zero-order valence-corrected chi connectivity index (χ0v) is 17.8. The quantitative estimate of drug-likeness (QED) is 0.593. The second-order valence-electron chi connectivity index (χ2n) is 7.43. The molecule has 1 aromatic carbocycles. The van der Waals surface area contributed by atoms with Crippen LogP contribution in [-0.4, -0.2) is 34.3 Å². The minimum Gasteiger partial charge on any atom is -0.489 e. The molecule has 1 saturated carbocycles. The third-order valence-electron chi connectivity index (χ3n) is 5.36. The van der Waals surface area contributed by atoms with Crippen LogP contribution < -0.4 is 9.46 Å². The van der Waals surface area contributed by atoms with Gasteiger partial charge in [0.05, 0.1) is 10.5 Å². The van der Waals surface area contributed by atoms with E-state index in [0.717, 1.165) is 37.0 Å². The molecule has 1 aliphatic carbocycles. The van der Waals surface area contributed by atoms with Gasteiger partial charge in [0.25, 0.3) is 10.0 Å². The minimum absolute atomic E-state index is 0.0566. The number of nitrogens with one attached hydrogen (secondary N) is 1. The van der Waals surface area contributed by atoms with Crippen molar-refractivity contribution in [2.24, 2.45) is 7.05 Å². The normalized spacial score (nSPS) is 19.1. The summed E-state index contributed by atoms with van der Waals surface area (Å²) >= 11 is 0. The molecule has 3 aromatic rings. The molecular formula is C20H20F3N5O3S. The van der Waals surface area contributed by atoms with Crippen LogP contribution in [0.4, 0.5) is 19.0 Å². The minimum atomic E-state index is -4.81. The molecule has 2 aromatic heterocycles. The molecule has 0 amide bonds. The average molecular weight is 467 g/mol. The molecule has 1 aliphatic rings. The Morgan fingerprint density at radius 1 is 1.16 bits per heavy atom. The largest absolute Gasteiger partial charge is 0.489 e. The van der Waals surface area contributed by atoms with Crippen molar-refractivity contribution in [1.82, 2.24) is 19.7 Å². The number of aromatic nitrogens is 4. The summed E-state index contributed by atoms with van der Waals surface area (Å²) in [6, 6.07) is 5.83. The summed E-state index contributed by atoms with van der Waals surface area (Å²) in [4.78, 5) is 6.85. The van der Waals surface area contributed by atoms with Crippen molar-refractivity contribution >= 4 is 15.8 Å². The summed E-state index contributed by atoms with van der Waals surface area (Å²) < 4.78 is 76.3. The van der Waals surface area contributed by atoms with Crippen molar-refractivity contribution < 1.29 is 26.3 Å². The highest BCUT2D eigenvalue weighted by atomic mass is 32.2. The molecule has 0 bridgehead atoms. The highest BCUT2D eigenvalue weighted by Crippen LogP contribution is 2.42. The molecule has 1 fully saturated rings. The first-order valence-corrected chi connectivity index (χ1v) is 11.3. The highest BCUT2D eigenvalue weighted by Gasteiger charge is 2.39. The molecule has 2 heterocycles. The molecule has 0 unspecified atom stereocenters. The van der Waals surface area contributed by atoms with Gasteiger partial charge >= 0.3 is 6.18 Å². The van der Waals surface area contributed by atoms with Crippen molar-refractivity contribution in [3.8, 4) is 5.75 Å². The third-order valence-corrected chi connectivity index (χ3v) is 6.71. The zero-order chi connectivity index (χ0) is 22.9. The van der Waals surface area contributed by atoms with Crippen LogP contribution in [0.25, 0.3) is 0 Å². The average Bonchev–Trinajstić information content (AvgIpc) is 3.36. The number of aryl methyl sites for hydroxylation is 1. The van der Waals surface area contributed by atoms with Crippen molar-refractivity contribution in [3.63, 3.8) is 0 Å². The fourth-order valence-electron chi connectivity index (χ4n) is 3.86. The van der Waals surface area contributed by atoms with Gasteiger partial charge in [-0.2, -0.15) is 18.3 Å². The standard InChI is InChI=1S/C20H20F3N5O3S/c1-28-16(7-10-26-28)14-3-2-4-17(14)31-18-6-5-13(11-15(18)20(21,22)23)32(29,30)27-19-8-9-24-12-25-19/h5-12,14,17H,2-4H2,1H3,(H,24,25,27)/t14-,17+/m1/s1. The SMILES string of the molecule is Cn1nccc1[C@H]1CCC[C@@H]1Oc1ccc(S(=O)(=O)Nc2ccncn2)cc1C(F)(F)F. The molecular weight excluding hydrogens is 447 g/mol. The summed E-state index contributed by atoms with van der Waals surface area (Å²) in [5.74, 6) is -0.567. The van der Waals surface area contributed by atoms with Crippen LogP contribution in [0.1, 0.15) is 36.4 Å². The lowest BCUT2D eigenvalue weighted by Crippen LogP contribution is -2.24. The van der Waals surface area contributed by atoms with E-state index < -0.39 is 38.5 Å². The Balaban J connectivity index is 1.64. The molecule has 0 radical (unpaired) electrons. The number of rotatable bonds is 6. The number of hydrogen-bond acceptors (Lipinski definition) is 6. The van der Waals surface area contributed by atoms with E-state index in [1.165, 1.54) is 12.3 Å². The number of benzene rings is 1. The second kappa shape index (κ2) is 8.41. The zero-order valence-electron chi connectivity index (χ0n) is 17.0. The van der Waals surface area contributed by atoms with Gasteiger partial charge in [-0.1, -0.05) is 0 Å². The van der Waals surface area contributed by atoms with Gasteiger partial charge in [0.1, 0.15) is 24.0 Å². The first-order chi connectivity index (χ1) is 15.1. The van der Waals surface area contributed by atoms with Gasteiger partial charge in [0.2, 0.25) is 0 Å². The smallest absolute Gasteiger partial charge is 0.420 e. The Morgan fingerprint density at radius 3 is 2.62 bits per heavy atom. The van der Waals surface area contributed by atoms with Gasteiger partial charge in [0, 0.05) is 31.1 Å². The number of anilines is 1. The predicted octanol–water partition coefficient (Wildman–Crippen LogP) is 3.74. The van der Waals surface area contributed by atoms with Crippen molar-refractivity contribution in [1.29, 1.82) is 0 Å². The van der Waals surface area contributed by atoms with E-state index in [-0.39, 0.29) is 11.7 Å². The molecule has 0 spiro atoms. The van der Waals surface area contributed by atoms with Crippen LogP contribution in [0.3, 0.4) is 0 Å². The van der Waals surface area contributed by atoms with E-state index in [9.17, 15) is 21.6 Å². The van der Waals surface area contributed by atoms with E-state index in [1.54, 1.807) is 17.9 Å². The third kappa shape index (κ3) is 4.54. The summed E-state index contributed by atoms with van der Waals surface area (Å²) in [6.07, 6.45) is 0.931. The Kier molecular flexibility index (Phi) is 5.80. The van der Waals surface area contributed by atoms with Crippen molar-refractivity contribution in [3.05, 3.63) is 60.3 Å². The molecule has 1 N–H and O–H groups in total. The lowest BCUT2D eigenvalue weighted by atomic mass is 10.0. The molecule has 12 heteroatoms.